The average molecular weight is 342 g/mol. The van der Waals surface area contributed by atoms with Crippen LogP contribution in [0.5, 0.6) is 0 Å². The molecule has 5 nitrogen and oxygen atoms in total. The molecule has 2 aliphatic heterocycles. The van der Waals surface area contributed by atoms with Crippen molar-refractivity contribution in [1.82, 2.24) is 20.2 Å². The van der Waals surface area contributed by atoms with Crippen molar-refractivity contribution in [3.05, 3.63) is 35.0 Å². The van der Waals surface area contributed by atoms with Crippen molar-refractivity contribution in [1.29, 1.82) is 0 Å². The van der Waals surface area contributed by atoms with Gasteiger partial charge in [-0.05, 0) is 44.9 Å². The summed E-state index contributed by atoms with van der Waals surface area (Å²) in [7, 11) is 0. The largest absolute Gasteiger partial charge is 0.347 e. The van der Waals surface area contributed by atoms with Crippen LogP contribution in [-0.2, 0) is 0 Å². The maximum Gasteiger partial charge on any atom is 0.263 e. The summed E-state index contributed by atoms with van der Waals surface area (Å²) in [6, 6.07) is 6.54. The van der Waals surface area contributed by atoms with Crippen LogP contribution in [0.15, 0.2) is 24.4 Å². The summed E-state index contributed by atoms with van der Waals surface area (Å²) in [5, 5.41) is 4.08. The van der Waals surface area contributed by atoms with E-state index in [1.165, 1.54) is 37.1 Å². The molecule has 2 aromatic heterocycles. The number of hydrogen-bond acceptors (Lipinski definition) is 5. The monoisotopic (exact) mass is 342 g/mol. The molecule has 0 aliphatic carbocycles. The standard InChI is InChI=1S/C18H22N4OS/c1-12-16(24-18(20-12)14-6-2-4-9-19-14)17(23)21-13-8-11-22-10-5-3-7-15(13)22/h2,4,6,9,13,15H,3,5,7-8,10-11H2,1H3,(H,21,23)/t13-,15+/m1/s1. The summed E-state index contributed by atoms with van der Waals surface area (Å²) in [6.07, 6.45) is 6.57. The van der Waals surface area contributed by atoms with Gasteiger partial charge in [0, 0.05) is 24.8 Å². The molecule has 6 heteroatoms. The van der Waals surface area contributed by atoms with Gasteiger partial charge in [0.25, 0.3) is 5.91 Å². The van der Waals surface area contributed by atoms with E-state index in [0.29, 0.717) is 10.9 Å². The van der Waals surface area contributed by atoms with Gasteiger partial charge >= 0.3 is 0 Å². The highest BCUT2D eigenvalue weighted by molar-refractivity contribution is 7.17. The molecular weight excluding hydrogens is 320 g/mol. The molecular formula is C18H22N4OS. The lowest BCUT2D eigenvalue weighted by Crippen LogP contribution is -2.46. The Labute approximate surface area is 146 Å². The molecule has 4 rings (SSSR count). The van der Waals surface area contributed by atoms with Gasteiger partial charge in [0.05, 0.1) is 11.4 Å². The average Bonchev–Trinajstić information content (AvgIpc) is 3.20. The molecule has 0 unspecified atom stereocenters. The van der Waals surface area contributed by atoms with Crippen molar-refractivity contribution in [2.24, 2.45) is 0 Å². The molecule has 2 aromatic rings. The molecule has 2 saturated heterocycles. The predicted molar refractivity (Wildman–Crippen MR) is 95.2 cm³/mol. The first kappa shape index (κ1) is 15.7. The van der Waals surface area contributed by atoms with Gasteiger partial charge in [-0.1, -0.05) is 12.5 Å². The van der Waals surface area contributed by atoms with Crippen LogP contribution in [-0.4, -0.2) is 45.9 Å². The molecule has 0 bridgehead atoms. The Morgan fingerprint density at radius 3 is 3.04 bits per heavy atom. The Morgan fingerprint density at radius 1 is 1.29 bits per heavy atom. The number of aromatic nitrogens is 2. The molecule has 126 valence electrons. The van der Waals surface area contributed by atoms with Gasteiger partial charge in [-0.3, -0.25) is 14.7 Å². The lowest BCUT2D eigenvalue weighted by atomic mass is 9.99. The maximum atomic E-state index is 12.8. The fourth-order valence-corrected chi connectivity index (χ4v) is 4.80. The zero-order valence-corrected chi connectivity index (χ0v) is 14.7. The third kappa shape index (κ3) is 2.96. The van der Waals surface area contributed by atoms with Crippen molar-refractivity contribution in [3.8, 4) is 10.7 Å². The molecule has 0 aromatic carbocycles. The van der Waals surface area contributed by atoms with E-state index < -0.39 is 0 Å². The lowest BCUT2D eigenvalue weighted by Gasteiger charge is -2.32. The molecule has 0 spiro atoms. The summed E-state index contributed by atoms with van der Waals surface area (Å²) in [5.41, 5.74) is 1.61. The fraction of sp³-hybridized carbons (Fsp3) is 0.500. The number of rotatable bonds is 3. The number of carbonyl (C=O) groups is 1. The number of aryl methyl sites for hydroxylation is 1. The van der Waals surface area contributed by atoms with Gasteiger partial charge in [-0.15, -0.1) is 11.3 Å². The highest BCUT2D eigenvalue weighted by atomic mass is 32.1. The minimum atomic E-state index is 0.0182. The first-order valence-electron chi connectivity index (χ1n) is 8.66. The van der Waals surface area contributed by atoms with E-state index in [1.807, 2.05) is 25.1 Å². The lowest BCUT2D eigenvalue weighted by molar-refractivity contribution is 0.0918. The SMILES string of the molecule is Cc1nc(-c2ccccn2)sc1C(=O)N[C@@H]1CCN2CCCC[C@@H]12. The fourth-order valence-electron chi connectivity index (χ4n) is 3.86. The Hall–Kier alpha value is -1.79. The Bertz CT molecular complexity index is 730. The molecule has 4 heterocycles. The van der Waals surface area contributed by atoms with Gasteiger partial charge in [0.2, 0.25) is 0 Å². The zero-order chi connectivity index (χ0) is 16.5. The molecule has 1 amide bonds. The second-order valence-electron chi connectivity index (χ2n) is 6.62. The van der Waals surface area contributed by atoms with E-state index in [9.17, 15) is 4.79 Å². The van der Waals surface area contributed by atoms with Crippen molar-refractivity contribution < 1.29 is 4.79 Å². The maximum absolute atomic E-state index is 12.8. The van der Waals surface area contributed by atoms with E-state index in [2.05, 4.69) is 20.2 Å². The highest BCUT2D eigenvalue weighted by Crippen LogP contribution is 2.29. The van der Waals surface area contributed by atoms with Crippen LogP contribution in [0.25, 0.3) is 10.7 Å². The minimum absolute atomic E-state index is 0.0182. The second-order valence-corrected chi connectivity index (χ2v) is 7.62. The van der Waals surface area contributed by atoms with E-state index in [-0.39, 0.29) is 11.9 Å². The quantitative estimate of drug-likeness (QED) is 0.932. The van der Waals surface area contributed by atoms with Crippen molar-refractivity contribution in [2.45, 2.75) is 44.7 Å². The van der Waals surface area contributed by atoms with E-state index in [0.717, 1.165) is 29.4 Å². The van der Waals surface area contributed by atoms with Crippen LogP contribution in [0.2, 0.25) is 0 Å². The second kappa shape index (κ2) is 6.61. The van der Waals surface area contributed by atoms with Crippen LogP contribution < -0.4 is 5.32 Å². The summed E-state index contributed by atoms with van der Waals surface area (Å²) in [6.45, 7) is 4.19. The molecule has 24 heavy (non-hydrogen) atoms. The van der Waals surface area contributed by atoms with Crippen LogP contribution in [0, 0.1) is 6.92 Å². The van der Waals surface area contributed by atoms with Gasteiger partial charge < -0.3 is 5.32 Å². The molecule has 2 atom stereocenters. The predicted octanol–water partition coefficient (Wildman–Crippen LogP) is 2.87. The van der Waals surface area contributed by atoms with Crippen LogP contribution in [0.4, 0.5) is 0 Å². The van der Waals surface area contributed by atoms with Crippen LogP contribution >= 0.6 is 11.3 Å². The topological polar surface area (TPSA) is 58.1 Å². The van der Waals surface area contributed by atoms with E-state index in [1.54, 1.807) is 6.20 Å². The smallest absolute Gasteiger partial charge is 0.263 e. The van der Waals surface area contributed by atoms with Crippen molar-refractivity contribution in [3.63, 3.8) is 0 Å². The minimum Gasteiger partial charge on any atom is -0.347 e. The first-order chi connectivity index (χ1) is 11.7. The zero-order valence-electron chi connectivity index (χ0n) is 13.9. The van der Waals surface area contributed by atoms with Crippen LogP contribution in [0.3, 0.4) is 0 Å². The third-order valence-corrected chi connectivity index (χ3v) is 6.24. The Balaban J connectivity index is 1.50. The number of amides is 1. The molecule has 2 fully saturated rings. The Kier molecular flexibility index (Phi) is 4.33. The summed E-state index contributed by atoms with van der Waals surface area (Å²) >= 11 is 1.43. The van der Waals surface area contributed by atoms with Gasteiger partial charge in [0.15, 0.2) is 0 Å². The highest BCUT2D eigenvalue weighted by Gasteiger charge is 2.36. The molecule has 1 N–H and O–H groups in total. The molecule has 2 aliphatic rings. The van der Waals surface area contributed by atoms with Gasteiger partial charge in [-0.2, -0.15) is 0 Å². The van der Waals surface area contributed by atoms with Crippen molar-refractivity contribution >= 4 is 17.2 Å². The number of fused-ring (bicyclic) bond motifs is 1. The van der Waals surface area contributed by atoms with Gasteiger partial charge in [-0.25, -0.2) is 4.98 Å². The number of hydrogen-bond donors (Lipinski definition) is 1. The van der Waals surface area contributed by atoms with Gasteiger partial charge in [0.1, 0.15) is 9.88 Å². The first-order valence-corrected chi connectivity index (χ1v) is 9.48. The van der Waals surface area contributed by atoms with Crippen LogP contribution in [0.1, 0.15) is 41.0 Å². The summed E-state index contributed by atoms with van der Waals surface area (Å²) in [5.74, 6) is 0.0182. The number of pyridine rings is 1. The molecule has 0 saturated carbocycles. The van der Waals surface area contributed by atoms with E-state index in [4.69, 9.17) is 0 Å². The number of nitrogens with one attached hydrogen (secondary N) is 1. The third-order valence-electron chi connectivity index (χ3n) is 5.06. The normalized spacial score (nSPS) is 23.9. The van der Waals surface area contributed by atoms with E-state index >= 15 is 0 Å². The number of piperidine rings is 1. The summed E-state index contributed by atoms with van der Waals surface area (Å²) in [4.78, 5) is 24.9. The summed E-state index contributed by atoms with van der Waals surface area (Å²) < 4.78 is 0. The number of carbonyl (C=O) groups excluding carboxylic acids is 1. The number of nitrogens with zero attached hydrogens (tertiary/aromatic N) is 3. The number of thiazole rings is 1. The molecule has 0 radical (unpaired) electrons. The van der Waals surface area contributed by atoms with Crippen molar-refractivity contribution in [2.75, 3.05) is 13.1 Å². The Morgan fingerprint density at radius 2 is 2.21 bits per heavy atom.